The first-order valence-corrected chi connectivity index (χ1v) is 28.0. The van der Waals surface area contributed by atoms with Crippen molar-refractivity contribution in [3.63, 3.8) is 0 Å². The molecule has 66 heavy (non-hydrogen) atoms. The fraction of sp³-hybridized carbons (Fsp3) is 0.774. The molecule has 376 valence electrons. The van der Waals surface area contributed by atoms with Crippen molar-refractivity contribution in [1.82, 2.24) is 0 Å². The highest BCUT2D eigenvalue weighted by atomic mass is 16.5. The van der Waals surface area contributed by atoms with Crippen molar-refractivity contribution >= 4 is 11.9 Å². The van der Waals surface area contributed by atoms with E-state index in [4.69, 9.17) is 9.47 Å². The Hall–Kier alpha value is -2.62. The number of carbonyl (C=O) groups is 2. The van der Waals surface area contributed by atoms with E-state index in [-0.39, 0.29) is 33.6 Å². The Morgan fingerprint density at radius 1 is 0.424 bits per heavy atom. The standard InChI is InChI=1S/C62H104O4/c1-16-40-60(27-12,28-13)47-61(29-14,44-57(18-3,19-4)20-5)48-62(45-58(21-6,22-7)23-8,46-59(24-9,25-10)26-11)43-56(15,17-2)55(64)66-42-35-34-41-65-54(63)53-51-38-32-30-36-49(51)50-37-31-33-39-52(50)53/h30-33,36-39,53H,16-29,34-35,40-48H2,1-15H3. The Morgan fingerprint density at radius 2 is 0.773 bits per heavy atom. The lowest BCUT2D eigenvalue weighted by molar-refractivity contribution is -0.160. The van der Waals surface area contributed by atoms with Crippen molar-refractivity contribution in [1.29, 1.82) is 0 Å². The molecule has 0 N–H and O–H groups in total. The molecule has 1 aliphatic rings. The molecule has 2 unspecified atom stereocenters. The summed E-state index contributed by atoms with van der Waals surface area (Å²) < 4.78 is 12.4. The second-order valence-electron chi connectivity index (χ2n) is 22.6. The zero-order valence-electron chi connectivity index (χ0n) is 46.0. The summed E-state index contributed by atoms with van der Waals surface area (Å²) in [6.45, 7) is 37.2. The van der Waals surface area contributed by atoms with E-state index in [1.54, 1.807) is 0 Å². The minimum atomic E-state index is -0.621. The number of ether oxygens (including phenoxy) is 2. The minimum Gasteiger partial charge on any atom is -0.465 e. The molecule has 0 heterocycles. The molecule has 2 aromatic carbocycles. The predicted molar refractivity (Wildman–Crippen MR) is 284 cm³/mol. The van der Waals surface area contributed by atoms with E-state index in [2.05, 4.69) is 116 Å². The third-order valence-electron chi connectivity index (χ3n) is 19.7. The lowest BCUT2D eigenvalue weighted by Gasteiger charge is -2.57. The van der Waals surface area contributed by atoms with Crippen LogP contribution in [0, 0.1) is 37.9 Å². The molecule has 0 fully saturated rings. The Labute approximate surface area is 408 Å². The third-order valence-corrected chi connectivity index (χ3v) is 19.7. The summed E-state index contributed by atoms with van der Waals surface area (Å²) in [6.07, 6.45) is 25.9. The average Bonchev–Trinajstić information content (AvgIpc) is 3.69. The summed E-state index contributed by atoms with van der Waals surface area (Å²) in [5, 5.41) is 0. The van der Waals surface area contributed by atoms with Gasteiger partial charge in [0.1, 0.15) is 5.92 Å². The highest BCUT2D eigenvalue weighted by Crippen LogP contribution is 2.64. The molecule has 3 rings (SSSR count). The monoisotopic (exact) mass is 913 g/mol. The summed E-state index contributed by atoms with van der Waals surface area (Å²) >= 11 is 0. The fourth-order valence-corrected chi connectivity index (χ4v) is 14.1. The van der Waals surface area contributed by atoms with Gasteiger partial charge in [0.05, 0.1) is 18.6 Å². The quantitative estimate of drug-likeness (QED) is 0.0518. The molecule has 2 atom stereocenters. The number of benzene rings is 2. The van der Waals surface area contributed by atoms with Gasteiger partial charge in [0, 0.05) is 0 Å². The first-order valence-electron chi connectivity index (χ1n) is 28.0. The molecular weight excluding hydrogens is 809 g/mol. The topological polar surface area (TPSA) is 52.6 Å². The molecule has 0 saturated carbocycles. The molecule has 4 nitrogen and oxygen atoms in total. The summed E-state index contributed by atoms with van der Waals surface area (Å²) in [7, 11) is 0. The van der Waals surface area contributed by atoms with Crippen molar-refractivity contribution in [2.75, 3.05) is 13.2 Å². The largest absolute Gasteiger partial charge is 0.465 e. The van der Waals surface area contributed by atoms with E-state index in [1.165, 1.54) is 122 Å². The van der Waals surface area contributed by atoms with Gasteiger partial charge in [0.25, 0.3) is 0 Å². The van der Waals surface area contributed by atoms with Gasteiger partial charge in [-0.25, -0.2) is 0 Å². The van der Waals surface area contributed by atoms with E-state index in [9.17, 15) is 9.59 Å². The lowest BCUT2D eigenvalue weighted by Crippen LogP contribution is -2.47. The summed E-state index contributed by atoms with van der Waals surface area (Å²) in [4.78, 5) is 28.6. The van der Waals surface area contributed by atoms with Gasteiger partial charge in [-0.1, -0.05) is 229 Å². The van der Waals surface area contributed by atoms with Gasteiger partial charge in [0.15, 0.2) is 0 Å². The van der Waals surface area contributed by atoms with Crippen LogP contribution in [-0.4, -0.2) is 25.2 Å². The lowest BCUT2D eigenvalue weighted by atomic mass is 9.48. The molecule has 0 amide bonds. The van der Waals surface area contributed by atoms with Gasteiger partial charge >= 0.3 is 11.9 Å². The number of carbonyl (C=O) groups excluding carboxylic acids is 2. The second-order valence-corrected chi connectivity index (χ2v) is 22.6. The second kappa shape index (κ2) is 25.8. The smallest absolute Gasteiger partial charge is 0.317 e. The Bertz CT molecular complexity index is 1650. The van der Waals surface area contributed by atoms with Crippen LogP contribution in [0.25, 0.3) is 11.1 Å². The maximum Gasteiger partial charge on any atom is 0.317 e. The van der Waals surface area contributed by atoms with Gasteiger partial charge in [-0.05, 0) is 126 Å². The number of hydrogen-bond donors (Lipinski definition) is 0. The van der Waals surface area contributed by atoms with E-state index < -0.39 is 11.3 Å². The molecule has 0 radical (unpaired) electrons. The number of fused-ring (bicyclic) bond motifs is 3. The van der Waals surface area contributed by atoms with Crippen molar-refractivity contribution < 1.29 is 19.1 Å². The molecule has 0 aliphatic heterocycles. The highest BCUT2D eigenvalue weighted by molar-refractivity contribution is 5.93. The van der Waals surface area contributed by atoms with Crippen LogP contribution in [0.2, 0.25) is 0 Å². The van der Waals surface area contributed by atoms with Crippen LogP contribution in [0.3, 0.4) is 0 Å². The van der Waals surface area contributed by atoms with Gasteiger partial charge < -0.3 is 9.47 Å². The van der Waals surface area contributed by atoms with Crippen molar-refractivity contribution in [2.45, 2.75) is 257 Å². The van der Waals surface area contributed by atoms with E-state index in [1.807, 2.05) is 36.4 Å². The van der Waals surface area contributed by atoms with Gasteiger partial charge in [-0.15, -0.1) is 0 Å². The predicted octanol–water partition coefficient (Wildman–Crippen LogP) is 19.1. The minimum absolute atomic E-state index is 0.0368. The number of unbranched alkanes of at least 4 members (excludes halogenated alkanes) is 1. The SMILES string of the molecule is CCCC(CC)(CC)CC(CC)(CC(CC)(CC)CC)CC(CC(CC)(CC)CC)(CC(CC)(CC)CC)CC(C)(CC)C(=O)OCCCCOC(=O)C1c2ccccc2-c2ccccc21. The Balaban J connectivity index is 2.06. The highest BCUT2D eigenvalue weighted by Gasteiger charge is 2.54. The summed E-state index contributed by atoms with van der Waals surface area (Å²) in [5.41, 5.74) is 4.81. The van der Waals surface area contributed by atoms with Crippen LogP contribution < -0.4 is 0 Å². The van der Waals surface area contributed by atoms with Crippen LogP contribution in [-0.2, 0) is 19.1 Å². The molecule has 0 bridgehead atoms. The van der Waals surface area contributed by atoms with Gasteiger partial charge in [0.2, 0.25) is 0 Å². The average molecular weight is 914 g/mol. The van der Waals surface area contributed by atoms with E-state index in [0.717, 1.165) is 35.1 Å². The van der Waals surface area contributed by atoms with Crippen LogP contribution in [0.5, 0.6) is 0 Å². The molecular formula is C62H104O4. The first kappa shape index (κ1) is 57.7. The molecule has 0 spiro atoms. The third kappa shape index (κ3) is 13.4. The molecule has 0 aromatic heterocycles. The Morgan fingerprint density at radius 3 is 1.15 bits per heavy atom. The number of hydrogen-bond acceptors (Lipinski definition) is 4. The maximum absolute atomic E-state index is 15.0. The maximum atomic E-state index is 15.0. The summed E-state index contributed by atoms with van der Waals surface area (Å²) in [6, 6.07) is 16.4. The molecule has 2 aromatic rings. The molecule has 4 heteroatoms. The summed E-state index contributed by atoms with van der Waals surface area (Å²) in [5.74, 6) is -0.642. The van der Waals surface area contributed by atoms with E-state index >= 15 is 0 Å². The van der Waals surface area contributed by atoms with E-state index in [0.29, 0.717) is 36.9 Å². The van der Waals surface area contributed by atoms with Crippen LogP contribution in [0.15, 0.2) is 48.5 Å². The van der Waals surface area contributed by atoms with Crippen LogP contribution in [0.4, 0.5) is 0 Å². The Kier molecular flexibility index (Phi) is 22.6. The molecule has 1 aliphatic carbocycles. The zero-order chi connectivity index (χ0) is 49.3. The normalized spacial score (nSPS) is 15.5. The fourth-order valence-electron chi connectivity index (χ4n) is 14.1. The van der Waals surface area contributed by atoms with Gasteiger partial charge in [-0.3, -0.25) is 9.59 Å². The van der Waals surface area contributed by atoms with Crippen molar-refractivity contribution in [2.24, 2.45) is 37.9 Å². The zero-order valence-corrected chi connectivity index (χ0v) is 46.0. The molecule has 0 saturated heterocycles. The van der Waals surface area contributed by atoms with Crippen molar-refractivity contribution in [3.8, 4) is 11.1 Å². The van der Waals surface area contributed by atoms with Crippen LogP contribution in [0.1, 0.15) is 269 Å². The van der Waals surface area contributed by atoms with Crippen molar-refractivity contribution in [3.05, 3.63) is 59.7 Å². The number of rotatable bonds is 34. The van der Waals surface area contributed by atoms with Gasteiger partial charge in [-0.2, -0.15) is 0 Å². The number of esters is 2. The van der Waals surface area contributed by atoms with Crippen LogP contribution >= 0.6 is 0 Å². The first-order chi connectivity index (χ1) is 31.5.